The smallest absolute Gasteiger partial charge is 0.306 e. The van der Waals surface area contributed by atoms with E-state index >= 15 is 0 Å². The minimum atomic E-state index is -1.03. The largest absolute Gasteiger partial charge is 0.481 e. The summed E-state index contributed by atoms with van der Waals surface area (Å²) in [5, 5.41) is 18.0. The highest BCUT2D eigenvalue weighted by atomic mass is 16.4. The van der Waals surface area contributed by atoms with Gasteiger partial charge in [-0.3, -0.25) is 4.79 Å². The van der Waals surface area contributed by atoms with E-state index in [4.69, 9.17) is 5.11 Å². The first-order valence-corrected chi connectivity index (χ1v) is 4.54. The van der Waals surface area contributed by atoms with Gasteiger partial charge in [0.2, 0.25) is 0 Å². The monoisotopic (exact) mass is 210 g/mol. The number of carboxylic acids is 1. The van der Waals surface area contributed by atoms with E-state index in [-0.39, 0.29) is 6.42 Å². The molecule has 0 fully saturated rings. The van der Waals surface area contributed by atoms with Crippen LogP contribution in [0.15, 0.2) is 18.3 Å². The standard InChI is InChI=1S/C10H14N2O3/c1-12(2)9-4-3-7(6-11-9)8(13)5-10(14)15/h3-4,6,8,13H,5H2,1-2H3,(H,14,15)/t8-/m0/s1. The van der Waals surface area contributed by atoms with Crippen LogP contribution in [0.25, 0.3) is 0 Å². The molecule has 5 nitrogen and oxygen atoms in total. The molecule has 15 heavy (non-hydrogen) atoms. The third-order valence-corrected chi connectivity index (χ3v) is 1.98. The van der Waals surface area contributed by atoms with E-state index in [0.717, 1.165) is 5.82 Å². The number of nitrogens with zero attached hydrogens (tertiary/aromatic N) is 2. The zero-order chi connectivity index (χ0) is 11.4. The number of carboxylic acid groups (broad SMARTS) is 1. The first kappa shape index (κ1) is 11.5. The minimum absolute atomic E-state index is 0.303. The topological polar surface area (TPSA) is 73.7 Å². The van der Waals surface area contributed by atoms with Crippen LogP contribution in [-0.2, 0) is 4.79 Å². The lowest BCUT2D eigenvalue weighted by molar-refractivity contribution is -0.139. The number of anilines is 1. The third kappa shape index (κ3) is 3.21. The molecule has 0 saturated carbocycles. The fourth-order valence-corrected chi connectivity index (χ4v) is 1.14. The predicted molar refractivity (Wildman–Crippen MR) is 55.8 cm³/mol. The van der Waals surface area contributed by atoms with Gasteiger partial charge in [-0.2, -0.15) is 0 Å². The maximum atomic E-state index is 10.4. The van der Waals surface area contributed by atoms with Crippen molar-refractivity contribution in [3.05, 3.63) is 23.9 Å². The van der Waals surface area contributed by atoms with Gasteiger partial charge in [0.05, 0.1) is 12.5 Å². The number of rotatable bonds is 4. The summed E-state index contributed by atoms with van der Waals surface area (Å²) in [6.07, 6.45) is 0.192. The normalized spacial score (nSPS) is 12.2. The molecule has 0 spiro atoms. The molecule has 1 heterocycles. The van der Waals surface area contributed by atoms with E-state index in [1.807, 2.05) is 19.0 Å². The van der Waals surface area contributed by atoms with Crippen molar-refractivity contribution < 1.29 is 15.0 Å². The van der Waals surface area contributed by atoms with Gasteiger partial charge >= 0.3 is 5.97 Å². The highest BCUT2D eigenvalue weighted by Gasteiger charge is 2.12. The van der Waals surface area contributed by atoms with Crippen molar-refractivity contribution in [2.75, 3.05) is 19.0 Å². The van der Waals surface area contributed by atoms with Gasteiger partial charge in [0, 0.05) is 20.3 Å². The zero-order valence-corrected chi connectivity index (χ0v) is 8.71. The lowest BCUT2D eigenvalue weighted by Crippen LogP contribution is -2.11. The van der Waals surface area contributed by atoms with Crippen LogP contribution in [0.4, 0.5) is 5.82 Å². The second-order valence-electron chi connectivity index (χ2n) is 3.46. The van der Waals surface area contributed by atoms with Crippen LogP contribution in [-0.4, -0.2) is 35.3 Å². The molecule has 1 atom stereocenters. The van der Waals surface area contributed by atoms with Crippen molar-refractivity contribution in [3.8, 4) is 0 Å². The van der Waals surface area contributed by atoms with E-state index in [2.05, 4.69) is 4.98 Å². The van der Waals surface area contributed by atoms with Gasteiger partial charge < -0.3 is 15.1 Å². The Morgan fingerprint density at radius 1 is 1.53 bits per heavy atom. The summed E-state index contributed by atoms with van der Waals surface area (Å²) in [5.74, 6) is -0.263. The summed E-state index contributed by atoms with van der Waals surface area (Å²) in [5.41, 5.74) is 0.517. The Labute approximate surface area is 88.0 Å². The van der Waals surface area contributed by atoms with Gasteiger partial charge in [0.15, 0.2) is 0 Å². The number of pyridine rings is 1. The van der Waals surface area contributed by atoms with Gasteiger partial charge in [0.25, 0.3) is 0 Å². The van der Waals surface area contributed by atoms with Crippen LogP contribution in [0.3, 0.4) is 0 Å². The lowest BCUT2D eigenvalue weighted by Gasteiger charge is -2.13. The van der Waals surface area contributed by atoms with E-state index < -0.39 is 12.1 Å². The van der Waals surface area contributed by atoms with Crippen LogP contribution in [0.5, 0.6) is 0 Å². The lowest BCUT2D eigenvalue weighted by atomic mass is 10.1. The van der Waals surface area contributed by atoms with E-state index in [9.17, 15) is 9.90 Å². The molecule has 1 aromatic rings. The molecule has 0 aromatic carbocycles. The number of aliphatic hydroxyl groups is 1. The summed E-state index contributed by atoms with van der Waals surface area (Å²) in [4.78, 5) is 16.3. The minimum Gasteiger partial charge on any atom is -0.481 e. The van der Waals surface area contributed by atoms with Crippen LogP contribution in [0, 0.1) is 0 Å². The molecular weight excluding hydrogens is 196 g/mol. The number of aliphatic hydroxyl groups excluding tert-OH is 1. The maximum Gasteiger partial charge on any atom is 0.306 e. The molecule has 2 N–H and O–H groups in total. The second-order valence-corrected chi connectivity index (χ2v) is 3.46. The number of hydrogen-bond acceptors (Lipinski definition) is 4. The predicted octanol–water partition coefficient (Wildman–Crippen LogP) is 0.656. The summed E-state index contributed by atoms with van der Waals surface area (Å²) >= 11 is 0. The first-order valence-electron chi connectivity index (χ1n) is 4.54. The Bertz CT molecular complexity index is 335. The molecular formula is C10H14N2O3. The molecule has 0 unspecified atom stereocenters. The molecule has 1 rings (SSSR count). The summed E-state index contributed by atoms with van der Waals surface area (Å²) in [6.45, 7) is 0. The molecule has 1 aromatic heterocycles. The van der Waals surface area contributed by atoms with E-state index in [1.165, 1.54) is 6.20 Å². The highest BCUT2D eigenvalue weighted by Crippen LogP contribution is 2.17. The maximum absolute atomic E-state index is 10.4. The average Bonchev–Trinajstić information content (AvgIpc) is 2.17. The van der Waals surface area contributed by atoms with Crippen molar-refractivity contribution in [1.29, 1.82) is 0 Å². The van der Waals surface area contributed by atoms with Gasteiger partial charge in [-0.1, -0.05) is 6.07 Å². The molecule has 82 valence electrons. The summed E-state index contributed by atoms with van der Waals surface area (Å²) in [6, 6.07) is 3.41. The van der Waals surface area contributed by atoms with Gasteiger partial charge in [0.1, 0.15) is 5.82 Å². The number of carbonyl (C=O) groups is 1. The Hall–Kier alpha value is -1.62. The zero-order valence-electron chi connectivity index (χ0n) is 8.71. The van der Waals surface area contributed by atoms with Crippen LogP contribution >= 0.6 is 0 Å². The quantitative estimate of drug-likeness (QED) is 0.763. The van der Waals surface area contributed by atoms with Crippen molar-refractivity contribution in [2.24, 2.45) is 0 Å². The van der Waals surface area contributed by atoms with Crippen molar-refractivity contribution >= 4 is 11.8 Å². The van der Waals surface area contributed by atoms with Crippen molar-refractivity contribution in [1.82, 2.24) is 4.98 Å². The van der Waals surface area contributed by atoms with Crippen LogP contribution in [0.1, 0.15) is 18.1 Å². The number of aromatic nitrogens is 1. The average molecular weight is 210 g/mol. The summed E-state index contributed by atoms with van der Waals surface area (Å²) < 4.78 is 0. The Kier molecular flexibility index (Phi) is 3.62. The van der Waals surface area contributed by atoms with E-state index in [0.29, 0.717) is 5.56 Å². The SMILES string of the molecule is CN(C)c1ccc([C@@H](O)CC(=O)O)cn1. The molecule has 0 aliphatic carbocycles. The van der Waals surface area contributed by atoms with Crippen molar-refractivity contribution in [2.45, 2.75) is 12.5 Å². The van der Waals surface area contributed by atoms with Crippen molar-refractivity contribution in [3.63, 3.8) is 0 Å². The fourth-order valence-electron chi connectivity index (χ4n) is 1.14. The second kappa shape index (κ2) is 4.75. The molecule has 0 bridgehead atoms. The molecule has 5 heteroatoms. The molecule has 0 aliphatic rings. The molecule has 0 aliphatic heterocycles. The third-order valence-electron chi connectivity index (χ3n) is 1.98. The molecule has 0 amide bonds. The molecule has 0 saturated heterocycles. The van der Waals surface area contributed by atoms with Crippen LogP contribution in [0.2, 0.25) is 0 Å². The first-order chi connectivity index (χ1) is 7.00. The van der Waals surface area contributed by atoms with E-state index in [1.54, 1.807) is 12.1 Å². The van der Waals surface area contributed by atoms with Crippen LogP contribution < -0.4 is 4.90 Å². The Morgan fingerprint density at radius 2 is 2.20 bits per heavy atom. The highest BCUT2D eigenvalue weighted by molar-refractivity contribution is 5.67. The Balaban J connectivity index is 2.75. The number of hydrogen-bond donors (Lipinski definition) is 2. The number of aliphatic carboxylic acids is 1. The van der Waals surface area contributed by atoms with Gasteiger partial charge in [-0.15, -0.1) is 0 Å². The van der Waals surface area contributed by atoms with Gasteiger partial charge in [-0.25, -0.2) is 4.98 Å². The molecule has 0 radical (unpaired) electrons. The Morgan fingerprint density at radius 3 is 2.60 bits per heavy atom. The summed E-state index contributed by atoms with van der Waals surface area (Å²) in [7, 11) is 3.71. The van der Waals surface area contributed by atoms with Gasteiger partial charge in [-0.05, 0) is 11.6 Å². The fraction of sp³-hybridized carbons (Fsp3) is 0.400.